The molecule has 0 bridgehead atoms. The number of hydrogen-bond acceptors (Lipinski definition) is 9. The summed E-state index contributed by atoms with van der Waals surface area (Å²) < 4.78 is 72.9. The second-order valence-electron chi connectivity index (χ2n) is 16.2. The molecule has 6 heterocycles. The molecule has 18 heteroatoms. The minimum Gasteiger partial charge on any atom is -0.369 e. The predicted molar refractivity (Wildman–Crippen MR) is 224 cm³/mol. The Labute approximate surface area is 355 Å². The van der Waals surface area contributed by atoms with Crippen LogP contribution in [0.1, 0.15) is 63.1 Å². The third-order valence-electron chi connectivity index (χ3n) is 12.2. The largest absolute Gasteiger partial charge is 0.369 e. The first-order valence-electron chi connectivity index (χ1n) is 20.6. The van der Waals surface area contributed by atoms with E-state index < -0.39 is 57.0 Å². The number of fused-ring (bicyclic) bond motifs is 2. The lowest BCUT2D eigenvalue weighted by Gasteiger charge is -2.36. The summed E-state index contributed by atoms with van der Waals surface area (Å²) in [5.74, 6) is -4.47. The van der Waals surface area contributed by atoms with Crippen molar-refractivity contribution in [3.05, 3.63) is 113 Å². The van der Waals surface area contributed by atoms with Crippen LogP contribution in [0.3, 0.4) is 0 Å². The average molecular weight is 869 g/mol. The molecule has 62 heavy (non-hydrogen) atoms. The van der Waals surface area contributed by atoms with E-state index >= 15 is 8.78 Å². The Morgan fingerprint density at radius 1 is 0.919 bits per heavy atom. The highest BCUT2D eigenvalue weighted by Crippen LogP contribution is 2.33. The smallest absolute Gasteiger partial charge is 0.301 e. The van der Waals surface area contributed by atoms with Gasteiger partial charge in [0.25, 0.3) is 5.91 Å². The number of H-pyrrole nitrogens is 1. The van der Waals surface area contributed by atoms with Gasteiger partial charge in [-0.3, -0.25) is 34.1 Å². The number of ketones is 1. The molecule has 3 fully saturated rings. The molecule has 3 N–H and O–H groups in total. The van der Waals surface area contributed by atoms with Crippen molar-refractivity contribution >= 4 is 56.1 Å². The molecule has 1 unspecified atom stereocenters. The van der Waals surface area contributed by atoms with Crippen molar-refractivity contribution in [2.75, 3.05) is 55.4 Å². The number of carbonyl (C=O) groups excluding carboxylic acids is 4. The minimum absolute atomic E-state index is 0.00205. The van der Waals surface area contributed by atoms with Crippen LogP contribution in [0.25, 0.3) is 22.2 Å². The van der Waals surface area contributed by atoms with Crippen LogP contribution in [0.4, 0.5) is 24.5 Å². The Morgan fingerprint density at radius 2 is 1.71 bits per heavy atom. The van der Waals surface area contributed by atoms with E-state index in [1.165, 1.54) is 6.20 Å². The van der Waals surface area contributed by atoms with Crippen LogP contribution in [0.2, 0.25) is 0 Å². The molecule has 4 aliphatic heterocycles. The van der Waals surface area contributed by atoms with E-state index in [9.17, 15) is 32.0 Å². The van der Waals surface area contributed by atoms with Gasteiger partial charge in [-0.15, -0.1) is 0 Å². The Morgan fingerprint density at radius 3 is 2.45 bits per heavy atom. The molecule has 322 valence electrons. The predicted octanol–water partition coefficient (Wildman–Crippen LogP) is 4.96. The molecule has 2 atom stereocenters. The standard InChI is InChI=1S/C44H43F3N8O6S/c45-30-13-15-54(25-30)62(60,61)51-36-10-9-35(46)39(40(36)47)41(57)34-23-49-42-33(34)21-28(22-48-42)27-5-3-26(4-6-27)2-1-14-52-16-18-53(19-17-52)31-7-8-32-29(20-31)24-55(44(32)59)37-11-12-38(56)50-43(37)58/h3-10,20-23,30,37,51H,1-2,11-19,24-25H2,(H,48,49)(H,50,56,58)/t30-,37?/m1/s1. The number of alkyl halides is 1. The van der Waals surface area contributed by atoms with Gasteiger partial charge in [-0.2, -0.15) is 12.7 Å². The van der Waals surface area contributed by atoms with Crippen molar-refractivity contribution in [1.29, 1.82) is 0 Å². The fraction of sp³-hybridized carbons (Fsp3) is 0.341. The summed E-state index contributed by atoms with van der Waals surface area (Å²) in [6, 6.07) is 16.6. The maximum absolute atomic E-state index is 15.7. The van der Waals surface area contributed by atoms with Crippen LogP contribution in [0.15, 0.2) is 73.1 Å². The number of pyridine rings is 1. The number of benzene rings is 3. The number of aryl methyl sites for hydroxylation is 1. The van der Waals surface area contributed by atoms with Crippen LogP contribution < -0.4 is 14.9 Å². The highest BCUT2D eigenvalue weighted by atomic mass is 32.2. The molecule has 3 amide bonds. The van der Waals surface area contributed by atoms with Gasteiger partial charge in [-0.25, -0.2) is 18.2 Å². The Balaban J connectivity index is 0.791. The molecule has 5 aromatic rings. The number of nitrogens with one attached hydrogen (secondary N) is 3. The number of aromatic amines is 1. The molecule has 0 saturated carbocycles. The first kappa shape index (κ1) is 41.3. The summed E-state index contributed by atoms with van der Waals surface area (Å²) in [6.07, 6.45) is 3.96. The van der Waals surface area contributed by atoms with Crippen LogP contribution in [-0.2, 0) is 32.8 Å². The maximum Gasteiger partial charge on any atom is 0.301 e. The highest BCUT2D eigenvalue weighted by Gasteiger charge is 2.39. The molecular weight excluding hydrogens is 826 g/mol. The number of nitrogens with zero attached hydrogens (tertiary/aromatic N) is 5. The van der Waals surface area contributed by atoms with Gasteiger partial charge in [0.05, 0.1) is 11.3 Å². The molecule has 4 aliphatic rings. The van der Waals surface area contributed by atoms with Gasteiger partial charge >= 0.3 is 10.2 Å². The molecule has 9 rings (SSSR count). The van der Waals surface area contributed by atoms with Gasteiger partial charge in [0.15, 0.2) is 5.82 Å². The second-order valence-corrected chi connectivity index (χ2v) is 17.8. The summed E-state index contributed by atoms with van der Waals surface area (Å²) in [5.41, 5.74) is 3.89. The molecule has 0 aliphatic carbocycles. The van der Waals surface area contributed by atoms with E-state index in [0.29, 0.717) is 35.1 Å². The number of hydrogen-bond donors (Lipinski definition) is 3. The molecule has 2 aromatic heterocycles. The van der Waals surface area contributed by atoms with Gasteiger partial charge < -0.3 is 14.8 Å². The summed E-state index contributed by atoms with van der Waals surface area (Å²) in [6.45, 7) is 4.24. The number of carbonyl (C=O) groups is 4. The zero-order chi connectivity index (χ0) is 43.3. The Hall–Kier alpha value is -6.11. The fourth-order valence-corrected chi connectivity index (χ4v) is 10.1. The topological polar surface area (TPSA) is 168 Å². The minimum atomic E-state index is -4.35. The van der Waals surface area contributed by atoms with Crippen LogP contribution in [0, 0.1) is 11.6 Å². The van der Waals surface area contributed by atoms with E-state index in [-0.39, 0.29) is 43.3 Å². The lowest BCUT2D eigenvalue weighted by molar-refractivity contribution is -0.136. The summed E-state index contributed by atoms with van der Waals surface area (Å²) in [7, 11) is -4.35. The van der Waals surface area contributed by atoms with Crippen molar-refractivity contribution < 1.29 is 40.8 Å². The van der Waals surface area contributed by atoms with Gasteiger partial charge in [0.2, 0.25) is 17.6 Å². The first-order valence-corrected chi connectivity index (χ1v) is 22.0. The normalized spacial score (nSPS) is 20.0. The van der Waals surface area contributed by atoms with Crippen molar-refractivity contribution in [1.82, 2.24) is 29.4 Å². The molecule has 0 spiro atoms. The zero-order valence-corrected chi connectivity index (χ0v) is 34.3. The lowest BCUT2D eigenvalue weighted by Crippen LogP contribution is -2.52. The number of piperazine rings is 1. The van der Waals surface area contributed by atoms with Crippen LogP contribution in [0.5, 0.6) is 0 Å². The SMILES string of the molecule is O=C1CCC(N2Cc3cc(N4CCN(CCCc5ccc(-c6cnc7[nH]cc(C(=O)c8c(F)ccc(NS(=O)(=O)N9CC[C@@H](F)C9)c8F)c7c6)cc5)CC4)ccc3C2=O)C(=O)N1. The van der Waals surface area contributed by atoms with Crippen molar-refractivity contribution in [2.45, 2.75) is 50.9 Å². The molecule has 0 radical (unpaired) electrons. The lowest BCUT2D eigenvalue weighted by atomic mass is 9.99. The summed E-state index contributed by atoms with van der Waals surface area (Å²) >= 11 is 0. The van der Waals surface area contributed by atoms with Crippen LogP contribution in [-0.4, -0.2) is 114 Å². The number of anilines is 2. The van der Waals surface area contributed by atoms with E-state index in [4.69, 9.17) is 0 Å². The van der Waals surface area contributed by atoms with Crippen molar-refractivity contribution in [3.8, 4) is 11.1 Å². The number of halogens is 3. The number of imide groups is 1. The molecule has 3 aromatic carbocycles. The van der Waals surface area contributed by atoms with Gasteiger partial charge in [-0.05, 0) is 85.3 Å². The molecular formula is C44H43F3N8O6S. The zero-order valence-electron chi connectivity index (χ0n) is 33.5. The van der Waals surface area contributed by atoms with Gasteiger partial charge in [-0.1, -0.05) is 24.3 Å². The van der Waals surface area contributed by atoms with Crippen molar-refractivity contribution in [3.63, 3.8) is 0 Å². The Bertz CT molecular complexity index is 2720. The third kappa shape index (κ3) is 8.04. The third-order valence-corrected chi connectivity index (χ3v) is 13.7. The molecule has 3 saturated heterocycles. The second kappa shape index (κ2) is 16.6. The number of aromatic nitrogens is 2. The number of piperidine rings is 1. The van der Waals surface area contributed by atoms with Gasteiger partial charge in [0, 0.05) is 92.4 Å². The number of rotatable bonds is 12. The van der Waals surface area contributed by atoms with E-state index in [1.54, 1.807) is 17.2 Å². The van der Waals surface area contributed by atoms with Crippen LogP contribution >= 0.6 is 0 Å². The van der Waals surface area contributed by atoms with Gasteiger partial charge in [0.1, 0.15) is 23.7 Å². The number of amides is 3. The highest BCUT2D eigenvalue weighted by molar-refractivity contribution is 7.90. The van der Waals surface area contributed by atoms with E-state index in [0.717, 1.165) is 84.4 Å². The average Bonchev–Trinajstić information content (AvgIpc) is 3.99. The van der Waals surface area contributed by atoms with Crippen molar-refractivity contribution in [2.24, 2.45) is 0 Å². The summed E-state index contributed by atoms with van der Waals surface area (Å²) in [4.78, 5) is 64.5. The van der Waals surface area contributed by atoms with E-state index in [2.05, 4.69) is 25.1 Å². The van der Waals surface area contributed by atoms with E-state index in [1.807, 2.05) is 47.2 Å². The maximum atomic E-state index is 15.7. The first-order chi connectivity index (χ1) is 29.8. The molecule has 14 nitrogen and oxygen atoms in total. The monoisotopic (exact) mass is 868 g/mol. The quantitative estimate of drug-likeness (QED) is 0.116. The fourth-order valence-electron chi connectivity index (χ4n) is 8.79. The summed E-state index contributed by atoms with van der Waals surface area (Å²) in [5, 5.41) is 2.68. The Kier molecular flexibility index (Phi) is 11.1.